The van der Waals surface area contributed by atoms with Crippen molar-refractivity contribution in [2.75, 3.05) is 12.3 Å². The summed E-state index contributed by atoms with van der Waals surface area (Å²) < 4.78 is 0. The second-order valence-corrected chi connectivity index (χ2v) is 5.94. The van der Waals surface area contributed by atoms with Crippen LogP contribution in [0.3, 0.4) is 0 Å². The average molecular weight is 352 g/mol. The highest BCUT2D eigenvalue weighted by Crippen LogP contribution is 2.09. The average Bonchev–Trinajstić information content (AvgIpc) is 2.65. The highest BCUT2D eigenvalue weighted by atomic mass is 16.1. The number of aromatic nitrogens is 4. The molecule has 0 bridgehead atoms. The molecule has 134 valence electrons. The quantitative estimate of drug-likeness (QED) is 0.612. The molecule has 8 heteroatoms. The van der Waals surface area contributed by atoms with Crippen LogP contribution in [-0.4, -0.2) is 32.4 Å². The van der Waals surface area contributed by atoms with Gasteiger partial charge in [-0.05, 0) is 37.0 Å². The predicted molar refractivity (Wildman–Crippen MR) is 98.8 cm³/mol. The molecule has 0 saturated carbocycles. The molecule has 26 heavy (non-hydrogen) atoms. The number of nitrogens with one attached hydrogen (secondary N) is 2. The number of anilines is 1. The number of benzene rings is 1. The summed E-state index contributed by atoms with van der Waals surface area (Å²) in [5.74, 6) is -0.0441. The zero-order valence-corrected chi connectivity index (χ0v) is 14.5. The fourth-order valence-corrected chi connectivity index (χ4v) is 2.53. The lowest BCUT2D eigenvalue weighted by atomic mass is 10.1. The minimum Gasteiger partial charge on any atom is -0.369 e. The molecule has 0 radical (unpaired) electrons. The Bertz CT molecular complexity index is 981. The van der Waals surface area contributed by atoms with Gasteiger partial charge in [0, 0.05) is 12.1 Å². The first-order valence-electron chi connectivity index (χ1n) is 8.45. The summed E-state index contributed by atoms with van der Waals surface area (Å²) in [6.45, 7) is 2.68. The standard InChI is InChI=1S/C18H20N6O2/c1-2-9-20-16(25)12-6-3-11(4-7-12)5-8-13-10-21-15-14(22-13)17(26)24-18(19)23-15/h3-4,6-7,10H,2,5,8-9H2,1H3,(H,20,25)(H3,19,21,23,24,26). The molecule has 4 N–H and O–H groups in total. The number of carbonyl (C=O) groups is 1. The first kappa shape index (κ1) is 17.5. The van der Waals surface area contributed by atoms with Crippen molar-refractivity contribution in [1.29, 1.82) is 0 Å². The number of nitrogens with two attached hydrogens (primary N) is 1. The van der Waals surface area contributed by atoms with Crippen molar-refractivity contribution in [3.63, 3.8) is 0 Å². The van der Waals surface area contributed by atoms with E-state index in [1.54, 1.807) is 6.20 Å². The maximum atomic E-state index is 11.9. The molecule has 0 aliphatic heterocycles. The summed E-state index contributed by atoms with van der Waals surface area (Å²) in [7, 11) is 0. The lowest BCUT2D eigenvalue weighted by Crippen LogP contribution is -2.23. The van der Waals surface area contributed by atoms with Gasteiger partial charge in [-0.25, -0.2) is 9.97 Å². The van der Waals surface area contributed by atoms with Crippen molar-refractivity contribution < 1.29 is 4.79 Å². The number of aryl methyl sites for hydroxylation is 2. The SMILES string of the molecule is CCCNC(=O)c1ccc(CCc2cnc3nc(N)[nH]c(=O)c3n2)cc1. The number of hydrogen-bond donors (Lipinski definition) is 3. The molecule has 2 aromatic heterocycles. The van der Waals surface area contributed by atoms with Gasteiger partial charge in [0.15, 0.2) is 11.2 Å². The monoisotopic (exact) mass is 352 g/mol. The number of H-pyrrole nitrogens is 1. The smallest absolute Gasteiger partial charge is 0.280 e. The second kappa shape index (κ2) is 7.73. The normalized spacial score (nSPS) is 10.8. The number of nitrogen functional groups attached to an aromatic ring is 1. The summed E-state index contributed by atoms with van der Waals surface area (Å²) in [5.41, 5.74) is 7.92. The third-order valence-corrected chi connectivity index (χ3v) is 3.91. The first-order valence-corrected chi connectivity index (χ1v) is 8.45. The van der Waals surface area contributed by atoms with Crippen LogP contribution in [0.15, 0.2) is 35.3 Å². The Morgan fingerprint density at radius 2 is 1.96 bits per heavy atom. The predicted octanol–water partition coefficient (Wildman–Crippen LogP) is 1.22. The number of aromatic amines is 1. The number of fused-ring (bicyclic) bond motifs is 1. The Balaban J connectivity index is 1.68. The Kier molecular flexibility index (Phi) is 5.21. The van der Waals surface area contributed by atoms with Crippen molar-refractivity contribution in [2.45, 2.75) is 26.2 Å². The van der Waals surface area contributed by atoms with Gasteiger partial charge in [0.1, 0.15) is 0 Å². The lowest BCUT2D eigenvalue weighted by Gasteiger charge is -2.06. The Labute approximate surface area is 149 Å². The third kappa shape index (κ3) is 4.02. The van der Waals surface area contributed by atoms with Crippen LogP contribution < -0.4 is 16.6 Å². The van der Waals surface area contributed by atoms with Gasteiger partial charge >= 0.3 is 0 Å². The van der Waals surface area contributed by atoms with E-state index in [9.17, 15) is 9.59 Å². The highest BCUT2D eigenvalue weighted by Gasteiger charge is 2.08. The molecule has 0 aliphatic rings. The van der Waals surface area contributed by atoms with Gasteiger partial charge in [-0.15, -0.1) is 0 Å². The van der Waals surface area contributed by atoms with E-state index < -0.39 is 5.56 Å². The van der Waals surface area contributed by atoms with Gasteiger partial charge in [-0.2, -0.15) is 4.98 Å². The molecule has 8 nitrogen and oxygen atoms in total. The number of rotatable bonds is 6. The van der Waals surface area contributed by atoms with Crippen molar-refractivity contribution in [3.05, 3.63) is 57.6 Å². The molecule has 1 amide bonds. The van der Waals surface area contributed by atoms with Crippen LogP contribution in [0.2, 0.25) is 0 Å². The number of hydrogen-bond acceptors (Lipinski definition) is 6. The topological polar surface area (TPSA) is 127 Å². The van der Waals surface area contributed by atoms with Crippen LogP contribution in [-0.2, 0) is 12.8 Å². The zero-order valence-electron chi connectivity index (χ0n) is 14.5. The molecule has 2 heterocycles. The van der Waals surface area contributed by atoms with Gasteiger partial charge in [0.25, 0.3) is 11.5 Å². The van der Waals surface area contributed by atoms with E-state index in [2.05, 4.69) is 25.3 Å². The lowest BCUT2D eigenvalue weighted by molar-refractivity contribution is 0.0953. The maximum absolute atomic E-state index is 11.9. The van der Waals surface area contributed by atoms with Gasteiger partial charge in [-0.3, -0.25) is 14.6 Å². The van der Waals surface area contributed by atoms with E-state index in [-0.39, 0.29) is 23.0 Å². The first-order chi connectivity index (χ1) is 12.6. The highest BCUT2D eigenvalue weighted by molar-refractivity contribution is 5.94. The Hall–Kier alpha value is -3.29. The minimum absolute atomic E-state index is 0.0209. The third-order valence-electron chi connectivity index (χ3n) is 3.91. The molecule has 0 saturated heterocycles. The minimum atomic E-state index is -0.399. The van der Waals surface area contributed by atoms with Crippen molar-refractivity contribution >= 4 is 23.0 Å². The summed E-state index contributed by atoms with van der Waals surface area (Å²) in [4.78, 5) is 38.6. The Morgan fingerprint density at radius 3 is 2.69 bits per heavy atom. The van der Waals surface area contributed by atoms with E-state index >= 15 is 0 Å². The number of carbonyl (C=O) groups excluding carboxylic acids is 1. The molecule has 0 atom stereocenters. The van der Waals surface area contributed by atoms with Gasteiger partial charge in [0.2, 0.25) is 5.95 Å². The van der Waals surface area contributed by atoms with Crippen LogP contribution in [0.5, 0.6) is 0 Å². The molecular formula is C18H20N6O2. The summed E-state index contributed by atoms with van der Waals surface area (Å²) in [6, 6.07) is 7.46. The van der Waals surface area contributed by atoms with Gasteiger partial charge in [0.05, 0.1) is 11.9 Å². The van der Waals surface area contributed by atoms with E-state index in [4.69, 9.17) is 5.73 Å². The van der Waals surface area contributed by atoms with Crippen LogP contribution in [0.25, 0.3) is 11.2 Å². The largest absolute Gasteiger partial charge is 0.369 e. The van der Waals surface area contributed by atoms with Crippen LogP contribution >= 0.6 is 0 Å². The summed E-state index contributed by atoms with van der Waals surface area (Å²) in [5, 5.41) is 2.85. The van der Waals surface area contributed by atoms with E-state index in [1.807, 2.05) is 31.2 Å². The molecule has 1 aromatic carbocycles. The zero-order chi connectivity index (χ0) is 18.5. The molecule has 0 unspecified atom stereocenters. The molecule has 3 aromatic rings. The van der Waals surface area contributed by atoms with Crippen molar-refractivity contribution in [1.82, 2.24) is 25.3 Å². The maximum Gasteiger partial charge on any atom is 0.280 e. The molecule has 0 aliphatic carbocycles. The summed E-state index contributed by atoms with van der Waals surface area (Å²) >= 11 is 0. The van der Waals surface area contributed by atoms with Crippen LogP contribution in [0.4, 0.5) is 5.95 Å². The van der Waals surface area contributed by atoms with Crippen molar-refractivity contribution in [2.24, 2.45) is 0 Å². The fraction of sp³-hybridized carbons (Fsp3) is 0.278. The molecular weight excluding hydrogens is 332 g/mol. The van der Waals surface area contributed by atoms with Crippen LogP contribution in [0.1, 0.15) is 35.0 Å². The van der Waals surface area contributed by atoms with Gasteiger partial charge < -0.3 is 11.1 Å². The van der Waals surface area contributed by atoms with E-state index in [0.717, 1.165) is 18.4 Å². The second-order valence-electron chi connectivity index (χ2n) is 5.94. The Morgan fingerprint density at radius 1 is 1.19 bits per heavy atom. The fourth-order valence-electron chi connectivity index (χ4n) is 2.53. The van der Waals surface area contributed by atoms with E-state index in [1.165, 1.54) is 0 Å². The number of amides is 1. The van der Waals surface area contributed by atoms with Gasteiger partial charge in [-0.1, -0.05) is 19.1 Å². The van der Waals surface area contributed by atoms with E-state index in [0.29, 0.717) is 24.2 Å². The van der Waals surface area contributed by atoms with Crippen molar-refractivity contribution in [3.8, 4) is 0 Å². The molecule has 0 spiro atoms. The molecule has 3 rings (SSSR count). The van der Waals surface area contributed by atoms with Crippen LogP contribution in [0, 0.1) is 0 Å². The summed E-state index contributed by atoms with van der Waals surface area (Å²) in [6.07, 6.45) is 3.84. The molecule has 0 fully saturated rings. The number of nitrogens with zero attached hydrogens (tertiary/aromatic N) is 3.